The van der Waals surface area contributed by atoms with Gasteiger partial charge in [0.15, 0.2) is 0 Å². The normalized spacial score (nSPS) is 40.1. The maximum absolute atomic E-state index is 11.1. The summed E-state index contributed by atoms with van der Waals surface area (Å²) in [6.07, 6.45) is 5.07. The van der Waals surface area contributed by atoms with Crippen LogP contribution >= 0.6 is 0 Å². The number of carboxylic acid groups (broad SMARTS) is 1. The quantitative estimate of drug-likeness (QED) is 0.716. The Morgan fingerprint density at radius 2 is 1.88 bits per heavy atom. The van der Waals surface area contributed by atoms with Crippen molar-refractivity contribution >= 4 is 5.97 Å². The summed E-state index contributed by atoms with van der Waals surface area (Å²) in [6.45, 7) is 3.43. The van der Waals surface area contributed by atoms with E-state index in [4.69, 9.17) is 5.11 Å². The third-order valence-electron chi connectivity index (χ3n) is 4.37. The number of hydrogen-bond acceptors (Lipinski definition) is 3. The summed E-state index contributed by atoms with van der Waals surface area (Å²) in [5, 5.41) is 19.3. The van der Waals surface area contributed by atoms with Crippen LogP contribution in [0.5, 0.6) is 0 Å². The minimum absolute atomic E-state index is 0.185. The summed E-state index contributed by atoms with van der Waals surface area (Å²) >= 11 is 0. The molecular formula is C13H23NO3. The molecular weight excluding hydrogens is 218 g/mol. The van der Waals surface area contributed by atoms with Gasteiger partial charge in [-0.25, -0.2) is 0 Å². The molecule has 0 aromatic heterocycles. The van der Waals surface area contributed by atoms with E-state index in [1.807, 2.05) is 6.92 Å². The second-order valence-corrected chi connectivity index (χ2v) is 5.65. The molecule has 1 aliphatic heterocycles. The summed E-state index contributed by atoms with van der Waals surface area (Å²) in [6, 6.07) is 0.185. The van der Waals surface area contributed by atoms with Crippen molar-refractivity contribution < 1.29 is 15.0 Å². The van der Waals surface area contributed by atoms with E-state index < -0.39 is 5.97 Å². The molecule has 0 aromatic carbocycles. The Hall–Kier alpha value is -0.610. The lowest BCUT2D eigenvalue weighted by Gasteiger charge is -2.30. The molecule has 0 spiro atoms. The van der Waals surface area contributed by atoms with Crippen LogP contribution in [0, 0.1) is 11.8 Å². The third-order valence-corrected chi connectivity index (χ3v) is 4.37. The van der Waals surface area contributed by atoms with Crippen LogP contribution in [-0.4, -0.2) is 46.3 Å². The Balaban J connectivity index is 2.00. The highest BCUT2D eigenvalue weighted by molar-refractivity contribution is 5.71. The maximum atomic E-state index is 11.1. The van der Waals surface area contributed by atoms with E-state index in [2.05, 4.69) is 4.90 Å². The molecule has 2 aliphatic rings. The highest BCUT2D eigenvalue weighted by atomic mass is 16.4. The number of rotatable bonds is 2. The zero-order chi connectivity index (χ0) is 12.4. The summed E-state index contributed by atoms with van der Waals surface area (Å²) in [5.41, 5.74) is 0. The average molecular weight is 241 g/mol. The number of likely N-dealkylation sites (tertiary alicyclic amines) is 1. The van der Waals surface area contributed by atoms with Gasteiger partial charge >= 0.3 is 5.97 Å². The molecule has 2 N–H and O–H groups in total. The second-order valence-electron chi connectivity index (χ2n) is 5.65. The van der Waals surface area contributed by atoms with Crippen LogP contribution in [0.2, 0.25) is 0 Å². The summed E-state index contributed by atoms with van der Waals surface area (Å²) in [7, 11) is 0. The first kappa shape index (κ1) is 12.8. The molecule has 1 saturated carbocycles. The lowest BCUT2D eigenvalue weighted by atomic mass is 9.99. The molecule has 0 radical (unpaired) electrons. The van der Waals surface area contributed by atoms with E-state index >= 15 is 0 Å². The topological polar surface area (TPSA) is 60.8 Å². The molecule has 98 valence electrons. The largest absolute Gasteiger partial charge is 0.481 e. The zero-order valence-electron chi connectivity index (χ0n) is 10.5. The molecule has 4 nitrogen and oxygen atoms in total. The first-order valence-corrected chi connectivity index (χ1v) is 6.74. The van der Waals surface area contributed by atoms with Gasteiger partial charge in [0.05, 0.1) is 12.0 Å². The van der Waals surface area contributed by atoms with E-state index in [1.54, 1.807) is 0 Å². The Bertz CT molecular complexity index is 282. The Kier molecular flexibility index (Phi) is 4.05. The molecule has 1 saturated heterocycles. The first-order valence-electron chi connectivity index (χ1n) is 6.74. The predicted molar refractivity (Wildman–Crippen MR) is 64.7 cm³/mol. The standard InChI is InChI=1S/C13H23NO3/c1-9-7-14(8-10(9)13(16)17)11-5-3-2-4-6-12(11)15/h9-12,15H,2-8H2,1H3,(H,16,17). The minimum atomic E-state index is -0.692. The SMILES string of the molecule is CC1CN(C2CCCCCC2O)CC1C(=O)O. The van der Waals surface area contributed by atoms with E-state index in [-0.39, 0.29) is 24.0 Å². The van der Waals surface area contributed by atoms with Gasteiger partial charge in [-0.3, -0.25) is 9.69 Å². The molecule has 0 amide bonds. The smallest absolute Gasteiger partial charge is 0.308 e. The number of aliphatic hydroxyl groups is 1. The van der Waals surface area contributed by atoms with Crippen molar-refractivity contribution in [3.8, 4) is 0 Å². The number of nitrogens with zero attached hydrogens (tertiary/aromatic N) is 1. The lowest BCUT2D eigenvalue weighted by molar-refractivity contribution is -0.142. The van der Waals surface area contributed by atoms with Gasteiger partial charge in [0, 0.05) is 19.1 Å². The van der Waals surface area contributed by atoms with Crippen LogP contribution in [0.3, 0.4) is 0 Å². The second kappa shape index (κ2) is 5.36. The highest BCUT2D eigenvalue weighted by Gasteiger charge is 2.39. The van der Waals surface area contributed by atoms with E-state index in [0.717, 1.165) is 32.2 Å². The van der Waals surface area contributed by atoms with Gasteiger partial charge in [0.1, 0.15) is 0 Å². The summed E-state index contributed by atoms with van der Waals surface area (Å²) in [5.74, 6) is -0.753. The molecule has 1 aliphatic carbocycles. The first-order chi connectivity index (χ1) is 8.09. The van der Waals surface area contributed by atoms with Crippen LogP contribution in [0.4, 0.5) is 0 Å². The Labute approximate surface area is 103 Å². The van der Waals surface area contributed by atoms with Crippen molar-refractivity contribution in [1.82, 2.24) is 4.90 Å². The number of carbonyl (C=O) groups is 1. The van der Waals surface area contributed by atoms with Gasteiger partial charge in [-0.2, -0.15) is 0 Å². The van der Waals surface area contributed by atoms with Gasteiger partial charge in [-0.15, -0.1) is 0 Å². The van der Waals surface area contributed by atoms with Crippen molar-refractivity contribution in [2.75, 3.05) is 13.1 Å². The van der Waals surface area contributed by atoms with Crippen molar-refractivity contribution in [2.24, 2.45) is 11.8 Å². The summed E-state index contributed by atoms with van der Waals surface area (Å²) in [4.78, 5) is 13.3. The fourth-order valence-corrected chi connectivity index (χ4v) is 3.29. The number of aliphatic hydroxyl groups excluding tert-OH is 1. The van der Waals surface area contributed by atoms with Crippen molar-refractivity contribution in [3.63, 3.8) is 0 Å². The molecule has 0 bridgehead atoms. The van der Waals surface area contributed by atoms with Crippen LogP contribution in [0.1, 0.15) is 39.0 Å². The Morgan fingerprint density at radius 3 is 2.53 bits per heavy atom. The van der Waals surface area contributed by atoms with Gasteiger partial charge in [0.25, 0.3) is 0 Å². The Morgan fingerprint density at radius 1 is 1.18 bits per heavy atom. The van der Waals surface area contributed by atoms with E-state index in [1.165, 1.54) is 6.42 Å². The van der Waals surface area contributed by atoms with Crippen LogP contribution < -0.4 is 0 Å². The average Bonchev–Trinajstić information content (AvgIpc) is 2.51. The molecule has 4 unspecified atom stereocenters. The zero-order valence-corrected chi connectivity index (χ0v) is 10.5. The van der Waals surface area contributed by atoms with Gasteiger partial charge in [0.2, 0.25) is 0 Å². The molecule has 4 atom stereocenters. The lowest BCUT2D eigenvalue weighted by Crippen LogP contribution is -2.42. The monoisotopic (exact) mass is 241 g/mol. The van der Waals surface area contributed by atoms with Gasteiger partial charge in [-0.1, -0.05) is 26.2 Å². The van der Waals surface area contributed by atoms with Crippen molar-refractivity contribution in [3.05, 3.63) is 0 Å². The van der Waals surface area contributed by atoms with E-state index in [9.17, 15) is 9.90 Å². The molecule has 4 heteroatoms. The van der Waals surface area contributed by atoms with Gasteiger partial charge in [-0.05, 0) is 18.8 Å². The molecule has 17 heavy (non-hydrogen) atoms. The number of aliphatic carboxylic acids is 1. The van der Waals surface area contributed by atoms with Crippen LogP contribution in [-0.2, 0) is 4.79 Å². The minimum Gasteiger partial charge on any atom is -0.481 e. The molecule has 2 fully saturated rings. The fraction of sp³-hybridized carbons (Fsp3) is 0.923. The molecule has 1 heterocycles. The third kappa shape index (κ3) is 2.80. The number of hydrogen-bond donors (Lipinski definition) is 2. The highest BCUT2D eigenvalue weighted by Crippen LogP contribution is 2.30. The van der Waals surface area contributed by atoms with Crippen LogP contribution in [0.25, 0.3) is 0 Å². The fourth-order valence-electron chi connectivity index (χ4n) is 3.29. The number of carboxylic acids is 1. The summed E-state index contributed by atoms with van der Waals surface area (Å²) < 4.78 is 0. The van der Waals surface area contributed by atoms with Gasteiger partial charge < -0.3 is 10.2 Å². The molecule has 0 aromatic rings. The van der Waals surface area contributed by atoms with Crippen LogP contribution in [0.15, 0.2) is 0 Å². The van der Waals surface area contributed by atoms with E-state index in [0.29, 0.717) is 6.54 Å². The maximum Gasteiger partial charge on any atom is 0.308 e. The van der Waals surface area contributed by atoms with Crippen molar-refractivity contribution in [2.45, 2.75) is 51.2 Å². The molecule has 2 rings (SSSR count). The van der Waals surface area contributed by atoms with Crippen molar-refractivity contribution in [1.29, 1.82) is 0 Å². The predicted octanol–water partition coefficient (Wildman–Crippen LogP) is 1.33.